The molecule has 0 unspecified atom stereocenters. The second-order valence-electron chi connectivity index (χ2n) is 7.70. The number of nitrogens with one attached hydrogen (secondary N) is 2. The van der Waals surface area contributed by atoms with Crippen LogP contribution in [0.4, 0.5) is 11.8 Å². The van der Waals surface area contributed by atoms with Gasteiger partial charge in [-0.3, -0.25) is 9.78 Å². The predicted octanol–water partition coefficient (Wildman–Crippen LogP) is 2.64. The van der Waals surface area contributed by atoms with Crippen LogP contribution in [-0.4, -0.2) is 39.3 Å². The van der Waals surface area contributed by atoms with Gasteiger partial charge in [-0.05, 0) is 43.7 Å². The molecular formula is C19H26N6O. The summed E-state index contributed by atoms with van der Waals surface area (Å²) in [6, 6.07) is 6.02. The van der Waals surface area contributed by atoms with Gasteiger partial charge in [0.2, 0.25) is 5.95 Å². The summed E-state index contributed by atoms with van der Waals surface area (Å²) in [5.41, 5.74) is 1.86. The number of hydrogen-bond acceptors (Lipinski definition) is 6. The summed E-state index contributed by atoms with van der Waals surface area (Å²) in [4.78, 5) is 21.8. The highest BCUT2D eigenvalue weighted by Gasteiger charge is 2.32. The summed E-state index contributed by atoms with van der Waals surface area (Å²) < 4.78 is 0. The van der Waals surface area contributed by atoms with Crippen molar-refractivity contribution in [3.63, 3.8) is 0 Å². The van der Waals surface area contributed by atoms with Crippen LogP contribution in [-0.2, 0) is 0 Å². The largest absolute Gasteiger partial charge is 0.366 e. The Morgan fingerprint density at radius 1 is 1.19 bits per heavy atom. The van der Waals surface area contributed by atoms with Gasteiger partial charge in [0.25, 0.3) is 5.56 Å². The van der Waals surface area contributed by atoms with Crippen LogP contribution in [0, 0.1) is 0 Å². The number of rotatable bonds is 5. The highest BCUT2D eigenvalue weighted by atomic mass is 16.1. The third-order valence-corrected chi connectivity index (χ3v) is 5.34. The molecule has 0 aromatic carbocycles. The highest BCUT2D eigenvalue weighted by Crippen LogP contribution is 2.37. The van der Waals surface area contributed by atoms with E-state index >= 15 is 0 Å². The first kappa shape index (κ1) is 17.0. The van der Waals surface area contributed by atoms with Gasteiger partial charge in [-0.2, -0.15) is 5.10 Å². The van der Waals surface area contributed by atoms with Crippen molar-refractivity contribution in [2.75, 3.05) is 23.3 Å². The number of aromatic amines is 1. The van der Waals surface area contributed by atoms with Gasteiger partial charge < -0.3 is 10.2 Å². The van der Waals surface area contributed by atoms with E-state index in [1.165, 1.54) is 12.8 Å². The van der Waals surface area contributed by atoms with Crippen LogP contribution in [0.1, 0.15) is 62.8 Å². The number of nitrogens with zero attached hydrogens (tertiary/aromatic N) is 4. The molecule has 1 aliphatic heterocycles. The number of hydrogen-bond donors (Lipinski definition) is 2. The van der Waals surface area contributed by atoms with Crippen molar-refractivity contribution < 1.29 is 0 Å². The summed E-state index contributed by atoms with van der Waals surface area (Å²) >= 11 is 0. The first-order valence-electron chi connectivity index (χ1n) is 9.55. The SMILES string of the molecule is CC(C)c1ccc(NC2CC(c3cc(=O)[nH]c(N4CCCC4)n3)C2)nn1. The first-order valence-corrected chi connectivity index (χ1v) is 9.55. The van der Waals surface area contributed by atoms with Crippen LogP contribution in [0.5, 0.6) is 0 Å². The zero-order valence-electron chi connectivity index (χ0n) is 15.4. The maximum atomic E-state index is 12.0. The Morgan fingerprint density at radius 3 is 2.62 bits per heavy atom. The van der Waals surface area contributed by atoms with Gasteiger partial charge in [0, 0.05) is 31.1 Å². The van der Waals surface area contributed by atoms with Gasteiger partial charge in [0.05, 0.1) is 11.4 Å². The Kier molecular flexibility index (Phi) is 4.61. The molecule has 138 valence electrons. The Morgan fingerprint density at radius 2 is 1.96 bits per heavy atom. The lowest BCUT2D eigenvalue weighted by Crippen LogP contribution is -2.36. The summed E-state index contributed by atoms with van der Waals surface area (Å²) in [7, 11) is 0. The minimum atomic E-state index is -0.0524. The molecule has 4 rings (SSSR count). The molecule has 0 amide bonds. The molecule has 0 bridgehead atoms. The summed E-state index contributed by atoms with van der Waals surface area (Å²) in [5.74, 6) is 2.27. The molecular weight excluding hydrogens is 328 g/mol. The average Bonchev–Trinajstić information content (AvgIpc) is 3.12. The van der Waals surface area contributed by atoms with Crippen molar-refractivity contribution >= 4 is 11.8 Å². The van der Waals surface area contributed by atoms with Gasteiger partial charge in [0.1, 0.15) is 5.82 Å². The van der Waals surface area contributed by atoms with E-state index in [1.807, 2.05) is 12.1 Å². The monoisotopic (exact) mass is 354 g/mol. The summed E-state index contributed by atoms with van der Waals surface area (Å²) in [6.07, 6.45) is 4.26. The lowest BCUT2D eigenvalue weighted by atomic mass is 9.78. The van der Waals surface area contributed by atoms with Crippen LogP contribution in [0.3, 0.4) is 0 Å². The third kappa shape index (κ3) is 3.57. The van der Waals surface area contributed by atoms with Crippen molar-refractivity contribution in [3.05, 3.63) is 39.9 Å². The van der Waals surface area contributed by atoms with E-state index in [0.29, 0.717) is 17.9 Å². The third-order valence-electron chi connectivity index (χ3n) is 5.34. The molecule has 7 heteroatoms. The van der Waals surface area contributed by atoms with E-state index in [1.54, 1.807) is 6.07 Å². The van der Waals surface area contributed by atoms with Crippen molar-refractivity contribution in [2.24, 2.45) is 0 Å². The van der Waals surface area contributed by atoms with Crippen molar-refractivity contribution in [2.45, 2.75) is 57.4 Å². The van der Waals surface area contributed by atoms with Crippen molar-refractivity contribution in [3.8, 4) is 0 Å². The molecule has 7 nitrogen and oxygen atoms in total. The average molecular weight is 354 g/mol. The lowest BCUT2D eigenvalue weighted by Gasteiger charge is -2.35. The van der Waals surface area contributed by atoms with Gasteiger partial charge in [-0.15, -0.1) is 5.10 Å². The van der Waals surface area contributed by atoms with Crippen molar-refractivity contribution in [1.82, 2.24) is 20.2 Å². The molecule has 2 aromatic heterocycles. The van der Waals surface area contributed by atoms with Crippen LogP contribution >= 0.6 is 0 Å². The number of anilines is 2. The maximum Gasteiger partial charge on any atom is 0.252 e. The van der Waals surface area contributed by atoms with Crippen molar-refractivity contribution in [1.29, 1.82) is 0 Å². The zero-order chi connectivity index (χ0) is 18.1. The van der Waals surface area contributed by atoms with Gasteiger partial charge in [0.15, 0.2) is 0 Å². The molecule has 2 N–H and O–H groups in total. The van der Waals surface area contributed by atoms with Crippen LogP contribution in [0.15, 0.2) is 23.0 Å². The maximum absolute atomic E-state index is 12.0. The molecule has 26 heavy (non-hydrogen) atoms. The Bertz CT molecular complexity index is 804. The fourth-order valence-corrected chi connectivity index (χ4v) is 3.66. The van der Waals surface area contributed by atoms with E-state index in [0.717, 1.165) is 49.1 Å². The van der Waals surface area contributed by atoms with E-state index in [-0.39, 0.29) is 5.56 Å². The fraction of sp³-hybridized carbons (Fsp3) is 0.579. The van der Waals surface area contributed by atoms with Gasteiger partial charge >= 0.3 is 0 Å². The Balaban J connectivity index is 1.37. The Hall–Kier alpha value is -2.44. The molecule has 2 aliphatic rings. The zero-order valence-corrected chi connectivity index (χ0v) is 15.4. The predicted molar refractivity (Wildman–Crippen MR) is 102 cm³/mol. The van der Waals surface area contributed by atoms with E-state index in [4.69, 9.17) is 4.98 Å². The normalized spacial score (nSPS) is 22.5. The molecule has 2 aromatic rings. The second-order valence-corrected chi connectivity index (χ2v) is 7.70. The summed E-state index contributed by atoms with van der Waals surface area (Å²) in [6.45, 7) is 6.18. The molecule has 1 aliphatic carbocycles. The van der Waals surface area contributed by atoms with E-state index in [9.17, 15) is 4.79 Å². The van der Waals surface area contributed by atoms with Gasteiger partial charge in [-0.1, -0.05) is 13.8 Å². The number of aromatic nitrogens is 4. The standard InChI is InChI=1S/C19H26N6O/c1-12(2)15-5-6-17(24-23-15)20-14-9-13(10-14)16-11-18(26)22-19(21-16)25-7-3-4-8-25/h5-6,11-14H,3-4,7-10H2,1-2H3,(H,20,24)(H,21,22,26). The van der Waals surface area contributed by atoms with E-state index in [2.05, 4.69) is 39.2 Å². The highest BCUT2D eigenvalue weighted by molar-refractivity contribution is 5.37. The fourth-order valence-electron chi connectivity index (χ4n) is 3.66. The smallest absolute Gasteiger partial charge is 0.252 e. The minimum absolute atomic E-state index is 0.0524. The summed E-state index contributed by atoms with van der Waals surface area (Å²) in [5, 5.41) is 12.0. The quantitative estimate of drug-likeness (QED) is 0.858. The van der Waals surface area contributed by atoms with Crippen LogP contribution < -0.4 is 15.8 Å². The molecule has 1 saturated heterocycles. The van der Waals surface area contributed by atoms with Crippen LogP contribution in [0.2, 0.25) is 0 Å². The van der Waals surface area contributed by atoms with Crippen LogP contribution in [0.25, 0.3) is 0 Å². The molecule has 1 saturated carbocycles. The second kappa shape index (κ2) is 7.05. The molecule has 3 heterocycles. The minimum Gasteiger partial charge on any atom is -0.366 e. The molecule has 0 radical (unpaired) electrons. The van der Waals surface area contributed by atoms with Gasteiger partial charge in [-0.25, -0.2) is 4.98 Å². The van der Waals surface area contributed by atoms with E-state index < -0.39 is 0 Å². The Labute approximate surface area is 153 Å². The number of H-pyrrole nitrogens is 1. The topological polar surface area (TPSA) is 86.8 Å². The first-order chi connectivity index (χ1) is 12.6. The lowest BCUT2D eigenvalue weighted by molar-refractivity contribution is 0.365. The molecule has 0 spiro atoms. The molecule has 2 fully saturated rings. The molecule has 0 atom stereocenters.